The van der Waals surface area contributed by atoms with Crippen LogP contribution in [-0.4, -0.2) is 30.1 Å². The van der Waals surface area contributed by atoms with Crippen LogP contribution in [-0.2, 0) is 0 Å². The second-order valence-corrected chi connectivity index (χ2v) is 8.38. The van der Waals surface area contributed by atoms with Crippen LogP contribution < -0.4 is 5.32 Å². The van der Waals surface area contributed by atoms with Crippen molar-refractivity contribution in [3.05, 3.63) is 64.9 Å². The van der Waals surface area contributed by atoms with E-state index in [1.807, 2.05) is 6.07 Å². The third kappa shape index (κ3) is 7.40. The number of unbranched alkanes of at least 4 members (excludes halogenated alkanes) is 1. The molecule has 3 nitrogen and oxygen atoms in total. The summed E-state index contributed by atoms with van der Waals surface area (Å²) in [7, 11) is 2.13. The summed E-state index contributed by atoms with van der Waals surface area (Å²) in [6.07, 6.45) is 14.7. The Morgan fingerprint density at radius 1 is 1.24 bits per heavy atom. The third-order valence-corrected chi connectivity index (χ3v) is 5.56. The van der Waals surface area contributed by atoms with Gasteiger partial charge in [-0.3, -0.25) is 4.90 Å². The number of aromatic hydroxyl groups is 1. The van der Waals surface area contributed by atoms with Gasteiger partial charge in [0.2, 0.25) is 0 Å². The Hall–Kier alpha value is -2.00. The predicted molar refractivity (Wildman–Crippen MR) is 125 cm³/mol. The van der Waals surface area contributed by atoms with Crippen LogP contribution in [0.5, 0.6) is 5.75 Å². The largest absolute Gasteiger partial charge is 0.508 e. The SMILES string of the molecule is CCC/C=C\C=C(/C)C(c1ccc(C2CC2)cc1O)N(C)C/C=C(\C)NCCC. The lowest BCUT2D eigenvalue weighted by Gasteiger charge is -2.29. The number of nitrogens with zero attached hydrogens (tertiary/aromatic N) is 1. The van der Waals surface area contributed by atoms with Gasteiger partial charge in [0.1, 0.15) is 5.75 Å². The van der Waals surface area contributed by atoms with Crippen molar-refractivity contribution in [3.8, 4) is 5.75 Å². The number of benzene rings is 1. The number of likely N-dealkylation sites (N-methyl/N-ethyl adjacent to an activating group) is 1. The van der Waals surface area contributed by atoms with Gasteiger partial charge in [0.05, 0.1) is 6.04 Å². The highest BCUT2D eigenvalue weighted by Gasteiger charge is 2.26. The van der Waals surface area contributed by atoms with Crippen molar-refractivity contribution in [2.24, 2.45) is 0 Å². The summed E-state index contributed by atoms with van der Waals surface area (Å²) in [5.41, 5.74) is 4.70. The number of allylic oxidation sites excluding steroid dienone is 4. The first kappa shape index (κ1) is 23.3. The van der Waals surface area contributed by atoms with Crippen LogP contribution in [0.15, 0.2) is 53.8 Å². The molecule has 0 saturated heterocycles. The van der Waals surface area contributed by atoms with Gasteiger partial charge in [-0.1, -0.05) is 62.3 Å². The van der Waals surface area contributed by atoms with Crippen molar-refractivity contribution in [2.45, 2.75) is 71.8 Å². The van der Waals surface area contributed by atoms with Gasteiger partial charge in [-0.15, -0.1) is 0 Å². The van der Waals surface area contributed by atoms with E-state index in [-0.39, 0.29) is 6.04 Å². The summed E-state index contributed by atoms with van der Waals surface area (Å²) in [5.74, 6) is 1.07. The molecule has 0 aromatic heterocycles. The highest BCUT2D eigenvalue weighted by molar-refractivity contribution is 5.44. The van der Waals surface area contributed by atoms with Crippen LogP contribution in [0.2, 0.25) is 0 Å². The van der Waals surface area contributed by atoms with E-state index >= 15 is 0 Å². The minimum Gasteiger partial charge on any atom is -0.508 e. The highest BCUT2D eigenvalue weighted by atomic mass is 16.3. The maximum atomic E-state index is 10.8. The molecule has 0 heterocycles. The third-order valence-electron chi connectivity index (χ3n) is 5.56. The number of hydrogen-bond acceptors (Lipinski definition) is 3. The minimum absolute atomic E-state index is 0.0461. The van der Waals surface area contributed by atoms with Gasteiger partial charge in [-0.05, 0) is 64.1 Å². The van der Waals surface area contributed by atoms with Crippen LogP contribution in [0.1, 0.15) is 82.9 Å². The molecule has 1 aromatic rings. The summed E-state index contributed by atoms with van der Waals surface area (Å²) >= 11 is 0. The van der Waals surface area contributed by atoms with E-state index in [9.17, 15) is 5.11 Å². The van der Waals surface area contributed by atoms with E-state index in [0.717, 1.165) is 37.9 Å². The standard InChI is InChI=1S/C26H40N2O/c1-6-8-9-10-11-20(3)26(28(5)18-16-21(4)27-17-7-2)24-15-14-23(19-25(24)29)22-12-13-22/h9-11,14-16,19,22,26-27,29H,6-8,12-13,17-18H2,1-5H3/b10-9-,20-11+,21-16+. The van der Waals surface area contributed by atoms with Crippen molar-refractivity contribution < 1.29 is 5.11 Å². The zero-order chi connectivity index (χ0) is 21.2. The number of nitrogens with one attached hydrogen (secondary N) is 1. The molecule has 0 radical (unpaired) electrons. The fraction of sp³-hybridized carbons (Fsp3) is 0.538. The lowest BCUT2D eigenvalue weighted by molar-refractivity contribution is 0.296. The molecule has 3 heteroatoms. The highest BCUT2D eigenvalue weighted by Crippen LogP contribution is 2.43. The second kappa shape index (κ2) is 11.9. The Kier molecular flexibility index (Phi) is 9.53. The van der Waals surface area contributed by atoms with E-state index in [4.69, 9.17) is 0 Å². The molecule has 1 unspecified atom stereocenters. The van der Waals surface area contributed by atoms with Crippen LogP contribution in [0, 0.1) is 0 Å². The first-order valence-electron chi connectivity index (χ1n) is 11.2. The van der Waals surface area contributed by atoms with Crippen LogP contribution in [0.3, 0.4) is 0 Å². The number of hydrogen-bond donors (Lipinski definition) is 2. The molecule has 1 aliphatic carbocycles. The molecule has 0 amide bonds. The molecule has 2 rings (SSSR count). The lowest BCUT2D eigenvalue weighted by Crippen LogP contribution is -2.27. The van der Waals surface area contributed by atoms with E-state index in [0.29, 0.717) is 11.7 Å². The molecule has 29 heavy (non-hydrogen) atoms. The van der Waals surface area contributed by atoms with Gasteiger partial charge in [0.25, 0.3) is 0 Å². The minimum atomic E-state index is 0.0461. The van der Waals surface area contributed by atoms with Crippen LogP contribution >= 0.6 is 0 Å². The molecule has 2 N–H and O–H groups in total. The second-order valence-electron chi connectivity index (χ2n) is 8.38. The molecule has 1 atom stereocenters. The summed E-state index contributed by atoms with van der Waals surface area (Å²) < 4.78 is 0. The van der Waals surface area contributed by atoms with Gasteiger partial charge < -0.3 is 10.4 Å². The average molecular weight is 397 g/mol. The Morgan fingerprint density at radius 3 is 2.62 bits per heavy atom. The fourth-order valence-electron chi connectivity index (χ4n) is 3.65. The van der Waals surface area contributed by atoms with E-state index < -0.39 is 0 Å². The van der Waals surface area contributed by atoms with Crippen LogP contribution in [0.4, 0.5) is 0 Å². The molecule has 1 fully saturated rings. The first-order valence-corrected chi connectivity index (χ1v) is 11.2. The number of phenolic OH excluding ortho intramolecular Hbond substituents is 1. The molecule has 0 bridgehead atoms. The number of rotatable bonds is 12. The molecule has 1 saturated carbocycles. The molecule has 160 valence electrons. The zero-order valence-electron chi connectivity index (χ0n) is 19.0. The molecule has 0 spiro atoms. The van der Waals surface area contributed by atoms with Crippen molar-refractivity contribution in [1.82, 2.24) is 10.2 Å². The fourth-order valence-corrected chi connectivity index (χ4v) is 3.65. The maximum absolute atomic E-state index is 10.8. The number of phenols is 1. The average Bonchev–Trinajstić information content (AvgIpc) is 3.54. The smallest absolute Gasteiger partial charge is 0.120 e. The monoisotopic (exact) mass is 396 g/mol. The predicted octanol–water partition coefficient (Wildman–Crippen LogP) is 6.45. The van der Waals surface area contributed by atoms with Crippen LogP contribution in [0.25, 0.3) is 0 Å². The van der Waals surface area contributed by atoms with Crippen molar-refractivity contribution in [1.29, 1.82) is 0 Å². The van der Waals surface area contributed by atoms with Crippen molar-refractivity contribution >= 4 is 0 Å². The van der Waals surface area contributed by atoms with Gasteiger partial charge in [0.15, 0.2) is 0 Å². The zero-order valence-corrected chi connectivity index (χ0v) is 19.0. The first-order chi connectivity index (χ1) is 14.0. The summed E-state index contributed by atoms with van der Waals surface area (Å²) in [6.45, 7) is 10.5. The normalized spacial score (nSPS) is 16.6. The van der Waals surface area contributed by atoms with E-state index in [1.54, 1.807) is 0 Å². The Morgan fingerprint density at radius 2 is 2.00 bits per heavy atom. The molecular weight excluding hydrogens is 356 g/mol. The van der Waals surface area contributed by atoms with Gasteiger partial charge in [-0.25, -0.2) is 0 Å². The summed E-state index contributed by atoms with van der Waals surface area (Å²) in [5, 5.41) is 14.3. The van der Waals surface area contributed by atoms with E-state index in [2.05, 4.69) is 81.4 Å². The van der Waals surface area contributed by atoms with Gasteiger partial charge in [0, 0.05) is 24.4 Å². The maximum Gasteiger partial charge on any atom is 0.120 e. The Balaban J connectivity index is 2.25. The Labute approximate surface area is 178 Å². The Bertz CT molecular complexity index is 728. The van der Waals surface area contributed by atoms with Crippen molar-refractivity contribution in [3.63, 3.8) is 0 Å². The summed E-state index contributed by atoms with van der Waals surface area (Å²) in [6, 6.07) is 6.36. The van der Waals surface area contributed by atoms with Gasteiger partial charge in [-0.2, -0.15) is 0 Å². The van der Waals surface area contributed by atoms with E-state index in [1.165, 1.54) is 29.7 Å². The topological polar surface area (TPSA) is 35.5 Å². The summed E-state index contributed by atoms with van der Waals surface area (Å²) in [4.78, 5) is 2.31. The molecule has 1 aromatic carbocycles. The molecule has 1 aliphatic rings. The molecule has 0 aliphatic heterocycles. The quantitative estimate of drug-likeness (QED) is 0.399. The van der Waals surface area contributed by atoms with Gasteiger partial charge >= 0.3 is 0 Å². The lowest BCUT2D eigenvalue weighted by atomic mass is 9.95. The molecular formula is C26H40N2O. The van der Waals surface area contributed by atoms with Crippen molar-refractivity contribution in [2.75, 3.05) is 20.1 Å².